The predicted octanol–water partition coefficient (Wildman–Crippen LogP) is 4.50. The predicted molar refractivity (Wildman–Crippen MR) is 81.6 cm³/mol. The molecule has 0 fully saturated rings. The van der Waals surface area contributed by atoms with Gasteiger partial charge in [-0.2, -0.15) is 0 Å². The topological polar surface area (TPSA) is 12.0 Å². The number of hydrogen-bond donors (Lipinski definition) is 1. The minimum absolute atomic E-state index is 0.180. The maximum Gasteiger partial charge on any atom is 0.0143 e. The molecule has 0 saturated carbocycles. The first-order chi connectivity index (χ1) is 8.29. The molecule has 0 aliphatic rings. The van der Waals surface area contributed by atoms with E-state index in [2.05, 4.69) is 76.4 Å². The molecule has 18 heavy (non-hydrogen) atoms. The molecule has 0 aliphatic heterocycles. The quantitative estimate of drug-likeness (QED) is 0.805. The van der Waals surface area contributed by atoms with E-state index in [9.17, 15) is 0 Å². The SMILES string of the molecule is CC(C)(C)CC(C)(C)NC/C=C/c1ccccc1. The number of nitrogens with one attached hydrogen (secondary N) is 1. The van der Waals surface area contributed by atoms with Gasteiger partial charge < -0.3 is 5.32 Å². The van der Waals surface area contributed by atoms with Gasteiger partial charge in [0.05, 0.1) is 0 Å². The van der Waals surface area contributed by atoms with Crippen LogP contribution in [0.1, 0.15) is 46.6 Å². The van der Waals surface area contributed by atoms with Crippen LogP contribution in [-0.2, 0) is 0 Å². The molecule has 0 aromatic heterocycles. The van der Waals surface area contributed by atoms with Crippen molar-refractivity contribution < 1.29 is 0 Å². The molecule has 0 heterocycles. The summed E-state index contributed by atoms with van der Waals surface area (Å²) in [6.07, 6.45) is 5.53. The highest BCUT2D eigenvalue weighted by Crippen LogP contribution is 2.26. The second-order valence-electron chi connectivity index (χ2n) is 6.82. The Labute approximate surface area is 112 Å². The Hall–Kier alpha value is -1.08. The average Bonchev–Trinajstić information content (AvgIpc) is 2.23. The van der Waals surface area contributed by atoms with Crippen molar-refractivity contribution in [2.24, 2.45) is 5.41 Å². The zero-order valence-electron chi connectivity index (χ0n) is 12.5. The van der Waals surface area contributed by atoms with E-state index in [1.807, 2.05) is 6.07 Å². The van der Waals surface area contributed by atoms with Gasteiger partial charge in [0.15, 0.2) is 0 Å². The minimum Gasteiger partial charge on any atom is -0.308 e. The van der Waals surface area contributed by atoms with E-state index in [1.54, 1.807) is 0 Å². The van der Waals surface area contributed by atoms with Crippen molar-refractivity contribution in [2.75, 3.05) is 6.54 Å². The summed E-state index contributed by atoms with van der Waals surface area (Å²) in [6, 6.07) is 10.4. The molecular formula is C17H27N. The zero-order valence-corrected chi connectivity index (χ0v) is 12.5. The summed E-state index contributed by atoms with van der Waals surface area (Å²) >= 11 is 0. The molecule has 100 valence electrons. The summed E-state index contributed by atoms with van der Waals surface area (Å²) in [7, 11) is 0. The highest BCUT2D eigenvalue weighted by molar-refractivity contribution is 5.48. The molecule has 1 N–H and O–H groups in total. The van der Waals surface area contributed by atoms with Crippen molar-refractivity contribution in [3.8, 4) is 0 Å². The molecule has 1 rings (SSSR count). The molecule has 0 unspecified atom stereocenters. The molecule has 1 nitrogen and oxygen atoms in total. The van der Waals surface area contributed by atoms with E-state index in [4.69, 9.17) is 0 Å². The van der Waals surface area contributed by atoms with Crippen LogP contribution in [0.15, 0.2) is 36.4 Å². The smallest absolute Gasteiger partial charge is 0.0143 e. The lowest BCUT2D eigenvalue weighted by Gasteiger charge is -2.33. The summed E-state index contributed by atoms with van der Waals surface area (Å²) in [6.45, 7) is 12.3. The Morgan fingerprint density at radius 1 is 1.00 bits per heavy atom. The highest BCUT2D eigenvalue weighted by atomic mass is 14.9. The van der Waals surface area contributed by atoms with Gasteiger partial charge in [-0.3, -0.25) is 0 Å². The fourth-order valence-electron chi connectivity index (χ4n) is 2.48. The first kappa shape index (κ1) is 15.0. The number of hydrogen-bond acceptors (Lipinski definition) is 1. The number of rotatable bonds is 5. The molecule has 0 aliphatic carbocycles. The van der Waals surface area contributed by atoms with E-state index < -0.39 is 0 Å². The lowest BCUT2D eigenvalue weighted by molar-refractivity contribution is 0.248. The van der Waals surface area contributed by atoms with Crippen LogP contribution in [0, 0.1) is 5.41 Å². The zero-order chi connectivity index (χ0) is 13.6. The molecule has 0 atom stereocenters. The Balaban J connectivity index is 2.39. The van der Waals surface area contributed by atoms with Crippen LogP contribution in [0.5, 0.6) is 0 Å². The molecule has 0 spiro atoms. The lowest BCUT2D eigenvalue weighted by Crippen LogP contribution is -2.42. The second kappa shape index (κ2) is 6.19. The molecule has 1 aromatic rings. The lowest BCUT2D eigenvalue weighted by atomic mass is 9.82. The van der Waals surface area contributed by atoms with Crippen LogP contribution >= 0.6 is 0 Å². The first-order valence-corrected chi connectivity index (χ1v) is 6.75. The first-order valence-electron chi connectivity index (χ1n) is 6.75. The van der Waals surface area contributed by atoms with Crippen LogP contribution in [-0.4, -0.2) is 12.1 Å². The summed E-state index contributed by atoms with van der Waals surface area (Å²) in [4.78, 5) is 0. The molecule has 1 aromatic carbocycles. The van der Waals surface area contributed by atoms with Gasteiger partial charge in [-0.05, 0) is 31.2 Å². The minimum atomic E-state index is 0.180. The third-order valence-corrected chi connectivity index (χ3v) is 2.78. The van der Waals surface area contributed by atoms with Crippen molar-refractivity contribution in [3.05, 3.63) is 42.0 Å². The summed E-state index contributed by atoms with van der Waals surface area (Å²) in [5, 5.41) is 3.60. The van der Waals surface area contributed by atoms with Crippen LogP contribution < -0.4 is 5.32 Å². The fourth-order valence-corrected chi connectivity index (χ4v) is 2.48. The Bertz CT molecular complexity index is 368. The molecular weight excluding hydrogens is 218 g/mol. The summed E-state index contributed by atoms with van der Waals surface area (Å²) < 4.78 is 0. The standard InChI is InChI=1S/C17H27N/c1-16(2,3)14-17(4,5)18-13-9-12-15-10-7-6-8-11-15/h6-12,18H,13-14H2,1-5H3/b12-9+. The third-order valence-electron chi connectivity index (χ3n) is 2.78. The van der Waals surface area contributed by atoms with Crippen LogP contribution in [0.25, 0.3) is 6.08 Å². The highest BCUT2D eigenvalue weighted by Gasteiger charge is 2.24. The normalized spacial score (nSPS) is 13.2. The van der Waals surface area contributed by atoms with Crippen LogP contribution in [0.4, 0.5) is 0 Å². The van der Waals surface area contributed by atoms with Gasteiger partial charge in [0.1, 0.15) is 0 Å². The Morgan fingerprint density at radius 2 is 1.61 bits per heavy atom. The van der Waals surface area contributed by atoms with Gasteiger partial charge in [-0.1, -0.05) is 63.3 Å². The van der Waals surface area contributed by atoms with Gasteiger partial charge in [0, 0.05) is 12.1 Å². The van der Waals surface area contributed by atoms with Crippen molar-refractivity contribution >= 4 is 6.08 Å². The molecule has 0 saturated heterocycles. The second-order valence-corrected chi connectivity index (χ2v) is 6.82. The van der Waals surface area contributed by atoms with E-state index in [0.29, 0.717) is 5.41 Å². The van der Waals surface area contributed by atoms with Crippen molar-refractivity contribution in [1.82, 2.24) is 5.32 Å². The van der Waals surface area contributed by atoms with Gasteiger partial charge in [-0.25, -0.2) is 0 Å². The number of benzene rings is 1. The monoisotopic (exact) mass is 245 g/mol. The van der Waals surface area contributed by atoms with Crippen molar-refractivity contribution in [1.29, 1.82) is 0 Å². The maximum atomic E-state index is 3.60. The van der Waals surface area contributed by atoms with E-state index in [1.165, 1.54) is 12.0 Å². The van der Waals surface area contributed by atoms with Crippen molar-refractivity contribution in [3.63, 3.8) is 0 Å². The largest absolute Gasteiger partial charge is 0.308 e. The molecule has 0 bridgehead atoms. The molecule has 0 amide bonds. The van der Waals surface area contributed by atoms with E-state index in [0.717, 1.165) is 6.54 Å². The van der Waals surface area contributed by atoms with Gasteiger partial charge in [0.25, 0.3) is 0 Å². The molecule has 1 heteroatoms. The summed E-state index contributed by atoms with van der Waals surface area (Å²) in [5.41, 5.74) is 1.80. The van der Waals surface area contributed by atoms with Crippen molar-refractivity contribution in [2.45, 2.75) is 46.6 Å². The van der Waals surface area contributed by atoms with E-state index >= 15 is 0 Å². The van der Waals surface area contributed by atoms with Crippen LogP contribution in [0.3, 0.4) is 0 Å². The van der Waals surface area contributed by atoms with Gasteiger partial charge >= 0.3 is 0 Å². The average molecular weight is 245 g/mol. The van der Waals surface area contributed by atoms with E-state index in [-0.39, 0.29) is 5.54 Å². The van der Waals surface area contributed by atoms with Gasteiger partial charge in [0.2, 0.25) is 0 Å². The molecule has 0 radical (unpaired) electrons. The Morgan fingerprint density at radius 3 is 2.17 bits per heavy atom. The maximum absolute atomic E-state index is 3.60. The van der Waals surface area contributed by atoms with Gasteiger partial charge in [-0.15, -0.1) is 0 Å². The third kappa shape index (κ3) is 6.61. The Kier molecular flexibility index (Phi) is 5.15. The van der Waals surface area contributed by atoms with Crippen LogP contribution in [0.2, 0.25) is 0 Å². The fraction of sp³-hybridized carbons (Fsp3) is 0.529. The summed E-state index contributed by atoms with van der Waals surface area (Å²) in [5.74, 6) is 0.